The molecule has 4 rings (SSSR count). The number of nitrogens with zero attached hydrogens (tertiary/aromatic N) is 2. The van der Waals surface area contributed by atoms with Gasteiger partial charge in [-0.25, -0.2) is 0 Å². The van der Waals surface area contributed by atoms with Crippen molar-refractivity contribution in [2.45, 2.75) is 63.9 Å². The molecular formula is C31H41N3O2S2. The number of rotatable bonds is 10. The molecule has 0 amide bonds. The minimum atomic E-state index is 0.000794. The summed E-state index contributed by atoms with van der Waals surface area (Å²) in [5.74, 6) is 0.450. The van der Waals surface area contributed by atoms with Crippen LogP contribution in [-0.4, -0.2) is 39.8 Å². The molecule has 0 aliphatic heterocycles. The third-order valence-corrected chi connectivity index (χ3v) is 8.03. The predicted molar refractivity (Wildman–Crippen MR) is 165 cm³/mol. The Hall–Kier alpha value is -2.48. The summed E-state index contributed by atoms with van der Waals surface area (Å²) in [6, 6.07) is 16.7. The van der Waals surface area contributed by atoms with E-state index in [9.17, 15) is 9.59 Å². The molecule has 0 aliphatic carbocycles. The van der Waals surface area contributed by atoms with Crippen molar-refractivity contribution >= 4 is 56.9 Å². The zero-order valence-corrected chi connectivity index (χ0v) is 25.3. The Balaban J connectivity index is 0.000000211. The summed E-state index contributed by atoms with van der Waals surface area (Å²) in [5.41, 5.74) is 9.59. The van der Waals surface area contributed by atoms with E-state index in [0.29, 0.717) is 13.1 Å². The van der Waals surface area contributed by atoms with Crippen molar-refractivity contribution in [1.29, 1.82) is 0 Å². The van der Waals surface area contributed by atoms with Gasteiger partial charge in [0.05, 0.1) is 11.4 Å². The fraction of sp³-hybridized carbons (Fsp3) is 0.419. The average Bonchev–Trinajstić information content (AvgIpc) is 3.45. The molecule has 0 aliphatic rings. The molecule has 2 aromatic heterocycles. The molecule has 2 heterocycles. The number of benzene rings is 2. The Morgan fingerprint density at radius 2 is 1.16 bits per heavy atom. The van der Waals surface area contributed by atoms with Gasteiger partial charge in [-0.15, -0.1) is 23.5 Å². The number of aromatic nitrogens is 2. The molecule has 2 N–H and O–H groups in total. The standard InChI is InChI=1S/C16H21NOS.C15H20N2OS/c1-5-8-17-14-10-13(19-4)7-6-12(14)9-15(17)16(18)11(2)3;1-10(2)15(18)14-8-11-4-5-12(19-3)9-13(11)17(14)7-6-16/h6-7,9-11H,5,8H2,1-4H3;4-5,8-10H,6-7,16H2,1-3H3. The molecule has 5 nitrogen and oxygen atoms in total. The Morgan fingerprint density at radius 3 is 1.50 bits per heavy atom. The number of carbonyl (C=O) groups is 2. The number of aryl methyl sites for hydroxylation is 1. The largest absolute Gasteiger partial charge is 0.338 e. The van der Waals surface area contributed by atoms with Gasteiger partial charge in [-0.3, -0.25) is 9.59 Å². The molecule has 0 atom stereocenters. The van der Waals surface area contributed by atoms with E-state index in [2.05, 4.69) is 65.0 Å². The molecule has 0 saturated heterocycles. The smallest absolute Gasteiger partial charge is 0.181 e. The summed E-state index contributed by atoms with van der Waals surface area (Å²) in [5, 5.41) is 2.27. The topological polar surface area (TPSA) is 70.0 Å². The molecule has 4 aromatic rings. The highest BCUT2D eigenvalue weighted by Crippen LogP contribution is 2.28. The van der Waals surface area contributed by atoms with Crippen LogP contribution >= 0.6 is 23.5 Å². The fourth-order valence-corrected chi connectivity index (χ4v) is 5.42. The first-order valence-electron chi connectivity index (χ1n) is 13.3. The van der Waals surface area contributed by atoms with Crippen molar-refractivity contribution < 1.29 is 9.59 Å². The molecule has 0 radical (unpaired) electrons. The maximum atomic E-state index is 12.3. The summed E-state index contributed by atoms with van der Waals surface area (Å²) < 4.78 is 4.23. The molecular weight excluding hydrogens is 510 g/mol. The van der Waals surface area contributed by atoms with E-state index < -0.39 is 0 Å². The van der Waals surface area contributed by atoms with E-state index in [1.807, 2.05) is 39.8 Å². The zero-order valence-electron chi connectivity index (χ0n) is 23.7. The van der Waals surface area contributed by atoms with Gasteiger partial charge in [0.2, 0.25) is 0 Å². The van der Waals surface area contributed by atoms with Crippen molar-refractivity contribution in [3.05, 3.63) is 59.9 Å². The number of nitrogens with two attached hydrogens (primary N) is 1. The van der Waals surface area contributed by atoms with Gasteiger partial charge in [0, 0.05) is 63.1 Å². The van der Waals surface area contributed by atoms with Crippen LogP contribution in [0.1, 0.15) is 62.0 Å². The summed E-state index contributed by atoms with van der Waals surface area (Å²) >= 11 is 3.44. The second kappa shape index (κ2) is 13.5. The second-order valence-corrected chi connectivity index (χ2v) is 11.8. The van der Waals surface area contributed by atoms with Crippen LogP contribution in [0.3, 0.4) is 0 Å². The first kappa shape index (κ1) is 30.1. The van der Waals surface area contributed by atoms with Crippen LogP contribution in [0.5, 0.6) is 0 Å². The lowest BCUT2D eigenvalue weighted by molar-refractivity contribution is 0.0923. The highest BCUT2D eigenvalue weighted by Gasteiger charge is 2.19. The first-order chi connectivity index (χ1) is 18.2. The summed E-state index contributed by atoms with van der Waals surface area (Å²) in [6.07, 6.45) is 5.16. The van der Waals surface area contributed by atoms with Crippen LogP contribution in [-0.2, 0) is 13.1 Å². The van der Waals surface area contributed by atoms with Gasteiger partial charge in [0.25, 0.3) is 0 Å². The number of ketones is 2. The third-order valence-electron chi connectivity index (χ3n) is 6.58. The lowest BCUT2D eigenvalue weighted by Crippen LogP contribution is -2.17. The van der Waals surface area contributed by atoms with Crippen LogP contribution in [0.2, 0.25) is 0 Å². The number of hydrogen-bond donors (Lipinski definition) is 1. The number of hydrogen-bond acceptors (Lipinski definition) is 5. The van der Waals surface area contributed by atoms with Gasteiger partial charge in [0.15, 0.2) is 11.6 Å². The van der Waals surface area contributed by atoms with E-state index in [0.717, 1.165) is 40.6 Å². The van der Waals surface area contributed by atoms with Crippen molar-refractivity contribution in [2.24, 2.45) is 17.6 Å². The van der Waals surface area contributed by atoms with E-state index in [4.69, 9.17) is 5.73 Å². The molecule has 38 heavy (non-hydrogen) atoms. The van der Waals surface area contributed by atoms with E-state index >= 15 is 0 Å². The van der Waals surface area contributed by atoms with Gasteiger partial charge in [-0.2, -0.15) is 0 Å². The summed E-state index contributed by atoms with van der Waals surface area (Å²) in [6.45, 7) is 12.0. The Kier molecular flexibility index (Phi) is 10.7. The first-order valence-corrected chi connectivity index (χ1v) is 15.7. The Morgan fingerprint density at radius 1 is 0.737 bits per heavy atom. The van der Waals surface area contributed by atoms with Gasteiger partial charge in [-0.1, -0.05) is 46.8 Å². The van der Waals surface area contributed by atoms with Crippen molar-refractivity contribution in [3.8, 4) is 0 Å². The molecule has 0 bridgehead atoms. The average molecular weight is 552 g/mol. The summed E-state index contributed by atoms with van der Waals surface area (Å²) in [7, 11) is 0. The van der Waals surface area contributed by atoms with Crippen LogP contribution in [0.4, 0.5) is 0 Å². The Labute approximate surface area is 235 Å². The maximum Gasteiger partial charge on any atom is 0.181 e. The molecule has 0 spiro atoms. The van der Waals surface area contributed by atoms with Crippen molar-refractivity contribution in [2.75, 3.05) is 19.1 Å². The second-order valence-electron chi connectivity index (χ2n) is 10.0. The highest BCUT2D eigenvalue weighted by molar-refractivity contribution is 7.98. The van der Waals surface area contributed by atoms with Gasteiger partial charge >= 0.3 is 0 Å². The zero-order chi connectivity index (χ0) is 28.0. The Bertz CT molecular complexity index is 1310. The maximum absolute atomic E-state index is 12.3. The number of thioether (sulfide) groups is 2. The number of carbonyl (C=O) groups excluding carboxylic acids is 2. The third kappa shape index (κ3) is 6.56. The van der Waals surface area contributed by atoms with Gasteiger partial charge < -0.3 is 14.9 Å². The molecule has 2 aromatic carbocycles. The normalized spacial score (nSPS) is 11.4. The van der Waals surface area contributed by atoms with Gasteiger partial charge in [0.1, 0.15) is 0 Å². The molecule has 0 fully saturated rings. The monoisotopic (exact) mass is 551 g/mol. The minimum Gasteiger partial charge on any atom is -0.338 e. The molecule has 7 heteroatoms. The quantitative estimate of drug-likeness (QED) is 0.161. The predicted octanol–water partition coefficient (Wildman–Crippen LogP) is 7.77. The number of fused-ring (bicyclic) bond motifs is 2. The number of Topliss-reactive ketones (excluding diaryl/α,β-unsaturated/α-hetero) is 2. The van der Waals surface area contributed by atoms with E-state index in [1.165, 1.54) is 15.3 Å². The lowest BCUT2D eigenvalue weighted by atomic mass is 10.1. The van der Waals surface area contributed by atoms with Crippen LogP contribution < -0.4 is 5.73 Å². The van der Waals surface area contributed by atoms with Gasteiger partial charge in [-0.05, 0) is 55.3 Å². The SMILES string of the molecule is CCCn1c(C(=O)C(C)C)cc2ccc(SC)cc21.CSc1ccc2cc(C(=O)C(C)C)n(CCN)c2c1. The van der Waals surface area contributed by atoms with E-state index in [-0.39, 0.29) is 23.4 Å². The fourth-order valence-electron chi connectivity index (χ4n) is 4.56. The highest BCUT2D eigenvalue weighted by atomic mass is 32.2. The minimum absolute atomic E-state index is 0.000794. The van der Waals surface area contributed by atoms with Crippen LogP contribution in [0.25, 0.3) is 21.8 Å². The van der Waals surface area contributed by atoms with E-state index in [1.54, 1.807) is 23.5 Å². The molecule has 0 unspecified atom stereocenters. The van der Waals surface area contributed by atoms with Crippen LogP contribution in [0, 0.1) is 11.8 Å². The lowest BCUT2D eigenvalue weighted by Gasteiger charge is -2.10. The molecule has 0 saturated carbocycles. The van der Waals surface area contributed by atoms with Crippen molar-refractivity contribution in [1.82, 2.24) is 9.13 Å². The van der Waals surface area contributed by atoms with Crippen LogP contribution in [0.15, 0.2) is 58.3 Å². The van der Waals surface area contributed by atoms with Crippen molar-refractivity contribution in [3.63, 3.8) is 0 Å². The molecule has 204 valence electrons. The summed E-state index contributed by atoms with van der Waals surface area (Å²) in [4.78, 5) is 27.1.